The zero-order chi connectivity index (χ0) is 27.6. The van der Waals surface area contributed by atoms with Crippen LogP contribution in [0, 0.1) is 10.1 Å². The second-order valence-corrected chi connectivity index (χ2v) is 11.5. The molecule has 5 aromatic rings. The van der Waals surface area contributed by atoms with Gasteiger partial charge in [0.2, 0.25) is 0 Å². The predicted octanol–water partition coefficient (Wildman–Crippen LogP) is 8.34. The molecule has 1 saturated heterocycles. The van der Waals surface area contributed by atoms with Crippen LogP contribution in [0.15, 0.2) is 128 Å². The van der Waals surface area contributed by atoms with Crippen LogP contribution < -0.4 is 10.2 Å². The Morgan fingerprint density at radius 1 is 0.925 bits per heavy atom. The fraction of sp³-hybridized carbons (Fsp3) is 0.0667. The van der Waals surface area contributed by atoms with Gasteiger partial charge in [-0.2, -0.15) is 0 Å². The lowest BCUT2D eigenvalue weighted by atomic mass is 10.0. The largest absolute Gasteiger partial charge is 0.459 e. The van der Waals surface area contributed by atoms with E-state index in [0.29, 0.717) is 5.11 Å². The summed E-state index contributed by atoms with van der Waals surface area (Å²) < 4.78 is 7.44. The molecule has 7 nitrogen and oxygen atoms in total. The van der Waals surface area contributed by atoms with Gasteiger partial charge >= 0.3 is 0 Å². The van der Waals surface area contributed by atoms with Crippen LogP contribution in [0.3, 0.4) is 0 Å². The van der Waals surface area contributed by atoms with Gasteiger partial charge in [0.25, 0.3) is 5.69 Å². The van der Waals surface area contributed by atoms with Gasteiger partial charge in [0.15, 0.2) is 5.11 Å². The highest BCUT2D eigenvalue weighted by molar-refractivity contribution is 9.10. The number of nitrogens with one attached hydrogen (secondary N) is 1. The van der Waals surface area contributed by atoms with Crippen LogP contribution in [0.1, 0.15) is 23.5 Å². The van der Waals surface area contributed by atoms with Crippen LogP contribution in [0.2, 0.25) is 0 Å². The number of nitro benzene ring substituents is 1. The number of nitro groups is 1. The number of pyridine rings is 1. The molecular weight excluding hydrogens is 608 g/mol. The molecule has 1 aliphatic rings. The summed E-state index contributed by atoms with van der Waals surface area (Å²) in [6.45, 7) is 0. The van der Waals surface area contributed by atoms with Crippen molar-refractivity contribution in [1.29, 1.82) is 0 Å². The first-order valence-corrected chi connectivity index (χ1v) is 14.4. The third-order valence-corrected chi connectivity index (χ3v) is 8.40. The second-order valence-electron chi connectivity index (χ2n) is 9.05. The minimum absolute atomic E-state index is 0.0736. The van der Waals surface area contributed by atoms with Gasteiger partial charge in [-0.1, -0.05) is 45.9 Å². The molecule has 2 aromatic heterocycles. The van der Waals surface area contributed by atoms with Crippen molar-refractivity contribution in [2.24, 2.45) is 0 Å². The van der Waals surface area contributed by atoms with Crippen LogP contribution in [0.5, 0.6) is 0 Å². The first kappa shape index (κ1) is 26.2. The minimum atomic E-state index is -0.397. The van der Waals surface area contributed by atoms with Crippen LogP contribution >= 0.6 is 39.9 Å². The average Bonchev–Trinajstić information content (AvgIpc) is 3.59. The Kier molecular flexibility index (Phi) is 7.38. The predicted molar refractivity (Wildman–Crippen MR) is 163 cm³/mol. The number of halogens is 1. The first-order chi connectivity index (χ1) is 19.5. The maximum absolute atomic E-state index is 11.0. The second kappa shape index (κ2) is 11.2. The number of rotatable bonds is 7. The Balaban J connectivity index is 1.31. The number of non-ortho nitro benzene ring substituents is 1. The van der Waals surface area contributed by atoms with Gasteiger partial charge < -0.3 is 14.6 Å². The molecule has 1 fully saturated rings. The maximum atomic E-state index is 11.0. The number of anilines is 1. The zero-order valence-corrected chi connectivity index (χ0v) is 24.0. The smallest absolute Gasteiger partial charge is 0.269 e. The Bertz CT molecular complexity index is 1660. The fourth-order valence-electron chi connectivity index (χ4n) is 4.65. The molecule has 40 heavy (non-hydrogen) atoms. The van der Waals surface area contributed by atoms with Gasteiger partial charge in [-0.05, 0) is 85.0 Å². The highest BCUT2D eigenvalue weighted by Gasteiger charge is 2.42. The van der Waals surface area contributed by atoms with Crippen molar-refractivity contribution >= 4 is 56.4 Å². The summed E-state index contributed by atoms with van der Waals surface area (Å²) in [4.78, 5) is 19.2. The highest BCUT2D eigenvalue weighted by atomic mass is 79.9. The number of aromatic nitrogens is 1. The van der Waals surface area contributed by atoms with Gasteiger partial charge in [-0.25, -0.2) is 0 Å². The van der Waals surface area contributed by atoms with E-state index in [2.05, 4.69) is 31.1 Å². The molecule has 1 N–H and O–H groups in total. The Morgan fingerprint density at radius 3 is 2.27 bits per heavy atom. The van der Waals surface area contributed by atoms with E-state index in [1.54, 1.807) is 18.3 Å². The highest BCUT2D eigenvalue weighted by Crippen LogP contribution is 2.43. The first-order valence-electron chi connectivity index (χ1n) is 12.3. The van der Waals surface area contributed by atoms with E-state index in [9.17, 15) is 10.1 Å². The van der Waals surface area contributed by atoms with Crippen molar-refractivity contribution in [2.45, 2.75) is 21.9 Å². The summed E-state index contributed by atoms with van der Waals surface area (Å²) in [5.74, 6) is 1.54. The van der Waals surface area contributed by atoms with E-state index in [0.717, 1.165) is 42.7 Å². The van der Waals surface area contributed by atoms with E-state index >= 15 is 0 Å². The lowest BCUT2D eigenvalue weighted by Crippen LogP contribution is -2.29. The Hall–Kier alpha value is -3.99. The van der Waals surface area contributed by atoms with Crippen molar-refractivity contribution in [1.82, 2.24) is 10.3 Å². The molecule has 1 aliphatic heterocycles. The average molecular weight is 630 g/mol. The molecule has 2 atom stereocenters. The quantitative estimate of drug-likeness (QED) is 0.109. The third-order valence-electron chi connectivity index (χ3n) is 6.54. The normalized spacial score (nSPS) is 16.6. The van der Waals surface area contributed by atoms with Crippen LogP contribution in [0.25, 0.3) is 11.3 Å². The van der Waals surface area contributed by atoms with Gasteiger partial charge in [0.05, 0.1) is 16.7 Å². The minimum Gasteiger partial charge on any atom is -0.459 e. The SMILES string of the molecule is O=[N+]([O-])c1ccc(Sc2ccc(N3C(=S)N[C@@H](c4ccccn4)[C@@H]3c3ccc(-c4ccc(Br)cc4)o3)cc2)cc1. The molecule has 0 spiro atoms. The lowest BCUT2D eigenvalue weighted by molar-refractivity contribution is -0.384. The Morgan fingerprint density at radius 2 is 1.62 bits per heavy atom. The number of hydrogen-bond donors (Lipinski definition) is 1. The van der Waals surface area contributed by atoms with Crippen molar-refractivity contribution in [2.75, 3.05) is 4.90 Å². The molecule has 0 unspecified atom stereocenters. The molecule has 3 aromatic carbocycles. The van der Waals surface area contributed by atoms with Crippen LogP contribution in [0.4, 0.5) is 11.4 Å². The van der Waals surface area contributed by atoms with Crippen molar-refractivity contribution in [3.05, 3.63) is 135 Å². The van der Waals surface area contributed by atoms with Gasteiger partial charge in [0.1, 0.15) is 17.6 Å². The van der Waals surface area contributed by atoms with Gasteiger partial charge in [-0.15, -0.1) is 0 Å². The number of furan rings is 1. The molecule has 3 heterocycles. The van der Waals surface area contributed by atoms with Crippen molar-refractivity contribution in [3.8, 4) is 11.3 Å². The Labute approximate surface area is 248 Å². The number of hydrogen-bond acceptors (Lipinski definition) is 6. The number of benzene rings is 3. The molecular formula is C30H21BrN4O3S2. The number of thiocarbonyl (C=S) groups is 1. The molecule has 198 valence electrons. The summed E-state index contributed by atoms with van der Waals surface area (Å²) in [7, 11) is 0. The molecule has 0 saturated carbocycles. The third kappa shape index (κ3) is 5.38. The van der Waals surface area contributed by atoms with E-state index in [1.165, 1.54) is 23.9 Å². The molecule has 0 aliphatic carbocycles. The summed E-state index contributed by atoms with van der Waals surface area (Å²) in [5.41, 5.74) is 2.83. The van der Waals surface area contributed by atoms with Crippen LogP contribution in [-0.4, -0.2) is 15.0 Å². The fourth-order valence-corrected chi connectivity index (χ4v) is 6.08. The van der Waals surface area contributed by atoms with Gasteiger partial charge in [-0.3, -0.25) is 15.1 Å². The van der Waals surface area contributed by atoms with E-state index in [4.69, 9.17) is 16.6 Å². The monoisotopic (exact) mass is 628 g/mol. The van der Waals surface area contributed by atoms with Gasteiger partial charge in [0, 0.05) is 43.8 Å². The summed E-state index contributed by atoms with van der Waals surface area (Å²) in [6, 6.07) is 32.0. The topological polar surface area (TPSA) is 84.4 Å². The summed E-state index contributed by atoms with van der Waals surface area (Å²) in [5, 5.41) is 15.0. The lowest BCUT2D eigenvalue weighted by Gasteiger charge is -2.26. The number of nitrogens with zero attached hydrogens (tertiary/aromatic N) is 3. The standard InChI is InChI=1S/C30H21BrN4O3S2/c31-20-6-4-19(5-7-20)26-16-17-27(38-26)29-28(25-3-1-2-18-32-25)33-30(39)34(29)21-8-12-23(13-9-21)40-24-14-10-22(11-15-24)35(36)37/h1-18,28-29H,(H,33,39)/t28-,29-/m0/s1. The van der Waals surface area contributed by atoms with Crippen molar-refractivity contribution in [3.63, 3.8) is 0 Å². The van der Waals surface area contributed by atoms with E-state index < -0.39 is 4.92 Å². The summed E-state index contributed by atoms with van der Waals surface area (Å²) >= 11 is 10.9. The van der Waals surface area contributed by atoms with Crippen LogP contribution in [-0.2, 0) is 0 Å². The van der Waals surface area contributed by atoms with E-state index in [-0.39, 0.29) is 17.8 Å². The van der Waals surface area contributed by atoms with E-state index in [1.807, 2.05) is 78.9 Å². The molecule has 0 amide bonds. The zero-order valence-electron chi connectivity index (χ0n) is 20.8. The molecule has 0 radical (unpaired) electrons. The summed E-state index contributed by atoms with van der Waals surface area (Å²) in [6.07, 6.45) is 1.78. The maximum Gasteiger partial charge on any atom is 0.269 e. The molecule has 6 rings (SSSR count). The van der Waals surface area contributed by atoms with Crippen molar-refractivity contribution < 1.29 is 9.34 Å². The molecule has 10 heteroatoms. The molecule has 0 bridgehead atoms.